The Balaban J connectivity index is 2.51. The Kier molecular flexibility index (Phi) is 6.06. The number of hydrogen-bond acceptors (Lipinski definition) is 6. The first-order chi connectivity index (χ1) is 12.9. The number of nitrogens with one attached hydrogen (secondary N) is 2. The fraction of sp³-hybridized carbons (Fsp3) is 0.400. The molecule has 13 heteroatoms. The first-order valence-corrected chi connectivity index (χ1v) is 8.49. The van der Waals surface area contributed by atoms with Crippen LogP contribution in [0.2, 0.25) is 0 Å². The van der Waals surface area contributed by atoms with Crippen LogP contribution in [0.1, 0.15) is 22.3 Å². The van der Waals surface area contributed by atoms with Crippen molar-refractivity contribution >= 4 is 22.4 Å². The maximum absolute atomic E-state index is 13.6. The minimum Gasteiger partial charge on any atom is -0.493 e. The van der Waals surface area contributed by atoms with Gasteiger partial charge in [-0.15, -0.1) is 10.2 Å². The van der Waals surface area contributed by atoms with E-state index in [0.717, 1.165) is 11.4 Å². The number of anilines is 1. The predicted octanol–water partition coefficient (Wildman–Crippen LogP) is 3.91. The van der Waals surface area contributed by atoms with Gasteiger partial charge in [0.25, 0.3) is 5.91 Å². The molecule has 0 atom stereocenters. The van der Waals surface area contributed by atoms with E-state index in [1.807, 2.05) is 0 Å². The summed E-state index contributed by atoms with van der Waals surface area (Å²) in [5.74, 6) is -1.79. The number of carbonyl (C=O) groups excluding carboxylic acids is 1. The van der Waals surface area contributed by atoms with Crippen LogP contribution in [-0.2, 0) is 0 Å². The third-order valence-electron chi connectivity index (χ3n) is 3.40. The highest BCUT2D eigenvalue weighted by atomic mass is 32.1. The van der Waals surface area contributed by atoms with Gasteiger partial charge < -0.3 is 15.4 Å². The first-order valence-electron chi connectivity index (χ1n) is 7.67. The number of amides is 1. The lowest BCUT2D eigenvalue weighted by atomic mass is 10.1. The van der Waals surface area contributed by atoms with Gasteiger partial charge in [-0.2, -0.15) is 26.3 Å². The summed E-state index contributed by atoms with van der Waals surface area (Å²) in [6, 6.07) is 5.00. The zero-order chi connectivity index (χ0) is 21.2. The van der Waals surface area contributed by atoms with Gasteiger partial charge in [-0.25, -0.2) is 0 Å². The molecule has 0 saturated heterocycles. The molecule has 2 aromatic rings. The highest BCUT2D eigenvalue weighted by Crippen LogP contribution is 2.44. The van der Waals surface area contributed by atoms with Gasteiger partial charge in [0.15, 0.2) is 0 Å². The molecular formula is C15H14F6N4O2S. The summed E-state index contributed by atoms with van der Waals surface area (Å²) < 4.78 is 86.8. The summed E-state index contributed by atoms with van der Waals surface area (Å²) in [7, 11) is 0. The summed E-state index contributed by atoms with van der Waals surface area (Å²) in [6.07, 6.45) is -11.9. The smallest absolute Gasteiger partial charge is 0.439 e. The largest absolute Gasteiger partial charge is 0.493 e. The molecule has 0 fully saturated rings. The fourth-order valence-electron chi connectivity index (χ4n) is 2.16. The summed E-state index contributed by atoms with van der Waals surface area (Å²) >= 11 is 0.472. The minimum atomic E-state index is -5.96. The molecule has 2 rings (SSSR count). The number of nitrogens with zero attached hydrogens (tertiary/aromatic N) is 2. The van der Waals surface area contributed by atoms with Crippen molar-refractivity contribution in [2.75, 3.05) is 11.9 Å². The van der Waals surface area contributed by atoms with Crippen molar-refractivity contribution in [3.63, 3.8) is 0 Å². The maximum Gasteiger partial charge on any atom is 0.439 e. The Morgan fingerprint density at radius 3 is 2.21 bits per heavy atom. The first kappa shape index (κ1) is 21.7. The summed E-state index contributed by atoms with van der Waals surface area (Å²) in [5, 5.41) is 8.30. The van der Waals surface area contributed by atoms with Crippen molar-refractivity contribution < 1.29 is 35.9 Å². The van der Waals surface area contributed by atoms with Crippen LogP contribution >= 0.6 is 11.3 Å². The van der Waals surface area contributed by atoms with Gasteiger partial charge in [-0.05, 0) is 26.0 Å². The molecule has 0 aliphatic rings. The zero-order valence-electron chi connectivity index (χ0n) is 14.4. The van der Waals surface area contributed by atoms with E-state index in [0.29, 0.717) is 11.3 Å². The lowest BCUT2D eigenvalue weighted by Crippen LogP contribution is -2.72. The third-order valence-corrected chi connectivity index (χ3v) is 4.16. The second-order valence-corrected chi connectivity index (χ2v) is 6.56. The van der Waals surface area contributed by atoms with E-state index < -0.39 is 34.6 Å². The van der Waals surface area contributed by atoms with Crippen LogP contribution in [0, 0.1) is 6.92 Å². The van der Waals surface area contributed by atoms with Crippen molar-refractivity contribution in [2.24, 2.45) is 0 Å². The molecule has 0 saturated carbocycles. The Morgan fingerprint density at radius 1 is 1.11 bits per heavy atom. The van der Waals surface area contributed by atoms with E-state index in [4.69, 9.17) is 4.74 Å². The number of aromatic nitrogens is 2. The number of rotatable bonds is 6. The molecule has 0 aliphatic carbocycles. The molecule has 0 aliphatic heterocycles. The van der Waals surface area contributed by atoms with Crippen LogP contribution in [0.25, 0.3) is 0 Å². The number of hydrogen-bond donors (Lipinski definition) is 2. The fourth-order valence-corrected chi connectivity index (χ4v) is 2.80. The van der Waals surface area contributed by atoms with E-state index in [-0.39, 0.29) is 17.4 Å². The molecule has 154 valence electrons. The van der Waals surface area contributed by atoms with Crippen LogP contribution in [-0.4, -0.2) is 40.7 Å². The van der Waals surface area contributed by atoms with Gasteiger partial charge in [0.2, 0.25) is 5.13 Å². The highest BCUT2D eigenvalue weighted by Gasteiger charge is 2.73. The normalized spacial score (nSPS) is 12.6. The number of carbonyl (C=O) groups is 1. The Morgan fingerprint density at radius 2 is 1.71 bits per heavy atom. The number of benzene rings is 1. The number of para-hydroxylation sites is 1. The van der Waals surface area contributed by atoms with Crippen LogP contribution in [0.5, 0.6) is 5.75 Å². The Labute approximate surface area is 158 Å². The van der Waals surface area contributed by atoms with Crippen molar-refractivity contribution in [1.82, 2.24) is 15.5 Å². The maximum atomic E-state index is 13.6. The molecule has 1 aromatic carbocycles. The number of alkyl halides is 6. The second kappa shape index (κ2) is 7.81. The third kappa shape index (κ3) is 4.29. The van der Waals surface area contributed by atoms with E-state index in [1.165, 1.54) is 30.4 Å². The van der Waals surface area contributed by atoms with Crippen molar-refractivity contribution in [2.45, 2.75) is 31.9 Å². The van der Waals surface area contributed by atoms with E-state index in [1.54, 1.807) is 6.92 Å². The van der Waals surface area contributed by atoms with Crippen LogP contribution in [0.3, 0.4) is 0 Å². The topological polar surface area (TPSA) is 76.1 Å². The highest BCUT2D eigenvalue weighted by molar-refractivity contribution is 7.15. The Bertz CT molecular complexity index is 822. The number of aryl methyl sites for hydroxylation is 1. The van der Waals surface area contributed by atoms with E-state index in [9.17, 15) is 31.1 Å². The van der Waals surface area contributed by atoms with Crippen LogP contribution < -0.4 is 15.4 Å². The molecule has 28 heavy (non-hydrogen) atoms. The van der Waals surface area contributed by atoms with Gasteiger partial charge in [-0.1, -0.05) is 23.5 Å². The van der Waals surface area contributed by atoms with Crippen molar-refractivity contribution in [1.29, 1.82) is 0 Å². The average Bonchev–Trinajstić information content (AvgIpc) is 2.97. The summed E-state index contributed by atoms with van der Waals surface area (Å²) in [4.78, 5) is 12.4. The quantitative estimate of drug-likeness (QED) is 0.539. The zero-order valence-corrected chi connectivity index (χ0v) is 15.2. The number of halogens is 6. The second-order valence-electron chi connectivity index (χ2n) is 5.38. The van der Waals surface area contributed by atoms with Gasteiger partial charge in [0, 0.05) is 0 Å². The molecule has 0 spiro atoms. The minimum absolute atomic E-state index is 0.0519. The Hall–Kier alpha value is -2.57. The monoisotopic (exact) mass is 428 g/mol. The molecular weight excluding hydrogens is 414 g/mol. The van der Waals surface area contributed by atoms with Crippen molar-refractivity contribution in [3.8, 4) is 5.75 Å². The number of ether oxygens (including phenoxy) is 1. The molecule has 1 amide bonds. The summed E-state index contributed by atoms with van der Waals surface area (Å²) in [6.45, 7) is 2.95. The molecule has 1 aromatic heterocycles. The molecule has 1 heterocycles. The van der Waals surface area contributed by atoms with Gasteiger partial charge in [0.1, 0.15) is 10.8 Å². The van der Waals surface area contributed by atoms with Gasteiger partial charge in [0.05, 0.1) is 12.2 Å². The van der Waals surface area contributed by atoms with Crippen molar-refractivity contribution in [3.05, 3.63) is 34.8 Å². The van der Waals surface area contributed by atoms with Crippen LogP contribution in [0.4, 0.5) is 31.5 Å². The standard InChI is InChI=1S/C15H14F6N4O2S/c1-3-27-10-7-5-4-6-9(10)11(26)22-13(14(16,17)18,15(19,20)21)23-12-25-24-8(2)28-12/h4-7H,3H2,1-2H3,(H,22,26)(H,23,25). The lowest BCUT2D eigenvalue weighted by molar-refractivity contribution is -0.294. The predicted molar refractivity (Wildman–Crippen MR) is 88.2 cm³/mol. The molecule has 6 nitrogen and oxygen atoms in total. The van der Waals surface area contributed by atoms with Crippen LogP contribution in [0.15, 0.2) is 24.3 Å². The molecule has 0 unspecified atom stereocenters. The average molecular weight is 428 g/mol. The molecule has 2 N–H and O–H groups in total. The van der Waals surface area contributed by atoms with E-state index >= 15 is 0 Å². The molecule has 0 radical (unpaired) electrons. The molecule has 0 bridgehead atoms. The summed E-state index contributed by atoms with van der Waals surface area (Å²) in [5.41, 5.74) is -5.28. The van der Waals surface area contributed by atoms with Gasteiger partial charge >= 0.3 is 18.0 Å². The SMILES string of the molecule is CCOc1ccccc1C(=O)NC(Nc1nnc(C)s1)(C(F)(F)F)C(F)(F)F. The van der Waals surface area contributed by atoms with E-state index in [2.05, 4.69) is 10.2 Å². The van der Waals surface area contributed by atoms with Gasteiger partial charge in [-0.3, -0.25) is 4.79 Å². The lowest BCUT2D eigenvalue weighted by Gasteiger charge is -2.38.